The second-order valence-electron chi connectivity index (χ2n) is 8.09. The van der Waals surface area contributed by atoms with Gasteiger partial charge in [0.1, 0.15) is 12.2 Å². The number of rotatable bonds is 6. The summed E-state index contributed by atoms with van der Waals surface area (Å²) in [6, 6.07) is 25.7. The van der Waals surface area contributed by atoms with Crippen LogP contribution in [0.25, 0.3) is 22.2 Å². The quantitative estimate of drug-likeness (QED) is 0.425. The lowest BCUT2D eigenvalue weighted by molar-refractivity contribution is -0.116. The predicted octanol–water partition coefficient (Wildman–Crippen LogP) is 4.55. The molecular weight excluding hydrogens is 412 g/mol. The van der Waals surface area contributed by atoms with E-state index in [9.17, 15) is 9.59 Å². The maximum absolute atomic E-state index is 13.2. The summed E-state index contributed by atoms with van der Waals surface area (Å²) in [5.74, 6) is -0.283. The maximum atomic E-state index is 13.2. The molecule has 0 aromatic heterocycles. The number of aromatic nitrogens is 3. The van der Waals surface area contributed by atoms with Gasteiger partial charge in [-0.15, -0.1) is 0 Å². The second kappa shape index (κ2) is 8.74. The van der Waals surface area contributed by atoms with Crippen LogP contribution >= 0.6 is 0 Å². The lowest BCUT2D eigenvalue weighted by atomic mass is 10.1. The highest BCUT2D eigenvalue weighted by atomic mass is 16.2. The van der Waals surface area contributed by atoms with Crippen molar-refractivity contribution >= 4 is 22.5 Å². The van der Waals surface area contributed by atoms with Gasteiger partial charge in [-0.25, -0.2) is 4.68 Å². The maximum Gasteiger partial charge on any atom is 0.278 e. The van der Waals surface area contributed by atoms with Crippen LogP contribution in [0.3, 0.4) is 0 Å². The number of hydrogen-bond donors (Lipinski definition) is 1. The Morgan fingerprint density at radius 1 is 0.939 bits per heavy atom. The Balaban J connectivity index is 1.50. The van der Waals surface area contributed by atoms with Gasteiger partial charge in [0.25, 0.3) is 5.56 Å². The Labute approximate surface area is 191 Å². The molecule has 1 amide bonds. The number of anilines is 1. The zero-order chi connectivity index (χ0) is 22.8. The first-order valence-corrected chi connectivity index (χ1v) is 11.0. The number of amides is 1. The summed E-state index contributed by atoms with van der Waals surface area (Å²) in [5.41, 5.74) is 4.83. The third kappa shape index (κ3) is 4.15. The van der Waals surface area contributed by atoms with Gasteiger partial charge in [-0.2, -0.15) is 5.10 Å². The molecule has 2 aliphatic heterocycles. The molecule has 2 heterocycles. The fourth-order valence-electron chi connectivity index (χ4n) is 4.15. The second-order valence-corrected chi connectivity index (χ2v) is 8.09. The molecule has 5 rings (SSSR count). The van der Waals surface area contributed by atoms with Gasteiger partial charge in [-0.05, 0) is 35.7 Å². The largest absolute Gasteiger partial charge is 0.342 e. The fraction of sp³-hybridized carbons (Fsp3) is 0.148. The van der Waals surface area contributed by atoms with Crippen molar-refractivity contribution < 1.29 is 4.79 Å². The van der Waals surface area contributed by atoms with Crippen molar-refractivity contribution in [3.8, 4) is 11.3 Å². The predicted molar refractivity (Wildman–Crippen MR) is 131 cm³/mol. The number of benzene rings is 3. The van der Waals surface area contributed by atoms with Crippen molar-refractivity contribution in [1.82, 2.24) is 14.3 Å². The van der Waals surface area contributed by atoms with E-state index in [1.807, 2.05) is 72.9 Å². The molecule has 0 saturated carbocycles. The van der Waals surface area contributed by atoms with Gasteiger partial charge in [0, 0.05) is 23.8 Å². The molecule has 164 valence electrons. The molecule has 0 radical (unpaired) electrons. The van der Waals surface area contributed by atoms with Gasteiger partial charge >= 0.3 is 0 Å². The van der Waals surface area contributed by atoms with Crippen LogP contribution in [0.1, 0.15) is 18.1 Å². The molecule has 0 saturated heterocycles. The van der Waals surface area contributed by atoms with Gasteiger partial charge in [0.05, 0.1) is 11.1 Å². The normalized spacial score (nSPS) is 11.2. The first kappa shape index (κ1) is 20.7. The number of nitrogens with one attached hydrogen (secondary N) is 1. The topological polar surface area (TPSA) is 68.9 Å². The van der Waals surface area contributed by atoms with E-state index in [4.69, 9.17) is 0 Å². The molecule has 0 aliphatic carbocycles. The van der Waals surface area contributed by atoms with Crippen LogP contribution in [0.15, 0.2) is 89.9 Å². The molecule has 0 spiro atoms. The zero-order valence-electron chi connectivity index (χ0n) is 18.4. The highest BCUT2D eigenvalue weighted by Crippen LogP contribution is 2.27. The molecule has 33 heavy (non-hydrogen) atoms. The van der Waals surface area contributed by atoms with Crippen molar-refractivity contribution in [3.05, 3.63) is 107 Å². The molecule has 0 atom stereocenters. The van der Waals surface area contributed by atoms with Crippen molar-refractivity contribution in [3.63, 3.8) is 0 Å². The molecule has 3 aromatic rings. The molecule has 0 unspecified atom stereocenters. The van der Waals surface area contributed by atoms with Crippen molar-refractivity contribution in [2.45, 2.75) is 26.4 Å². The number of carbonyl (C=O) groups excluding carboxylic acids is 1. The van der Waals surface area contributed by atoms with E-state index in [-0.39, 0.29) is 18.0 Å². The lowest BCUT2D eigenvalue weighted by Crippen LogP contribution is -2.26. The Morgan fingerprint density at radius 3 is 2.52 bits per heavy atom. The van der Waals surface area contributed by atoms with E-state index in [1.165, 1.54) is 4.68 Å². The van der Waals surface area contributed by atoms with Gasteiger partial charge in [0.2, 0.25) is 5.91 Å². The highest BCUT2D eigenvalue weighted by molar-refractivity contribution is 5.94. The number of fused-ring (bicyclic) bond motifs is 3. The minimum atomic E-state index is -0.283. The van der Waals surface area contributed by atoms with Gasteiger partial charge in [0.15, 0.2) is 0 Å². The van der Waals surface area contributed by atoms with E-state index >= 15 is 0 Å². The molecule has 6 nitrogen and oxygen atoms in total. The standard InChI is InChI=1S/C27H24N4O2/c1-2-19-11-8-12-21(15-19)28-25(32)18-31-27(33)23-17-30(16-20-9-4-3-5-10-20)24-14-7-6-13-22(24)26(23)29-31/h3-15,17H,2,16,18H2,1H3,(H,28,32). The van der Waals surface area contributed by atoms with E-state index in [1.54, 1.807) is 0 Å². The molecular formula is C27H24N4O2. The third-order valence-electron chi connectivity index (χ3n) is 5.80. The van der Waals surface area contributed by atoms with Crippen molar-refractivity contribution in [1.29, 1.82) is 0 Å². The summed E-state index contributed by atoms with van der Waals surface area (Å²) in [4.78, 5) is 25.8. The number of nitrogens with zero attached hydrogens (tertiary/aromatic N) is 3. The minimum absolute atomic E-state index is 0.142. The number of para-hydroxylation sites is 1. The van der Waals surface area contributed by atoms with E-state index in [0.29, 0.717) is 17.8 Å². The minimum Gasteiger partial charge on any atom is -0.342 e. The first-order chi connectivity index (χ1) is 16.1. The van der Waals surface area contributed by atoms with Crippen LogP contribution in [0.5, 0.6) is 0 Å². The summed E-state index contributed by atoms with van der Waals surface area (Å²) in [7, 11) is 0. The van der Waals surface area contributed by atoms with Crippen LogP contribution < -0.4 is 10.9 Å². The average Bonchev–Trinajstić information content (AvgIpc) is 3.15. The summed E-state index contributed by atoms with van der Waals surface area (Å²) in [5, 5.41) is 8.29. The van der Waals surface area contributed by atoms with Gasteiger partial charge in [-0.3, -0.25) is 9.59 Å². The van der Waals surface area contributed by atoms with Crippen molar-refractivity contribution in [2.24, 2.45) is 0 Å². The Morgan fingerprint density at radius 2 is 1.70 bits per heavy atom. The van der Waals surface area contributed by atoms with Gasteiger partial charge in [-0.1, -0.05) is 67.6 Å². The monoisotopic (exact) mass is 436 g/mol. The SMILES string of the molecule is CCc1cccc(NC(=O)Cn2nc3c4ccccc4n(Cc4ccccc4)cc-3c2=O)c1. The van der Waals surface area contributed by atoms with Crippen LogP contribution in [-0.4, -0.2) is 20.3 Å². The third-order valence-corrected chi connectivity index (χ3v) is 5.80. The van der Waals surface area contributed by atoms with Crippen LogP contribution in [0.4, 0.5) is 5.69 Å². The summed E-state index contributed by atoms with van der Waals surface area (Å²) < 4.78 is 3.32. The average molecular weight is 437 g/mol. The molecule has 6 heteroatoms. The van der Waals surface area contributed by atoms with Crippen LogP contribution in [0, 0.1) is 0 Å². The smallest absolute Gasteiger partial charge is 0.278 e. The molecule has 2 aliphatic rings. The Hall–Kier alpha value is -4.19. The van der Waals surface area contributed by atoms with E-state index in [0.717, 1.165) is 34.1 Å². The van der Waals surface area contributed by atoms with Crippen molar-refractivity contribution in [2.75, 3.05) is 5.32 Å². The Kier molecular flexibility index (Phi) is 5.48. The highest BCUT2D eigenvalue weighted by Gasteiger charge is 2.21. The molecule has 1 N–H and O–H groups in total. The van der Waals surface area contributed by atoms with E-state index < -0.39 is 0 Å². The van der Waals surface area contributed by atoms with Gasteiger partial charge < -0.3 is 9.88 Å². The summed E-state index contributed by atoms with van der Waals surface area (Å²) in [6.45, 7) is 2.56. The zero-order valence-corrected chi connectivity index (χ0v) is 18.4. The number of carbonyl (C=O) groups is 1. The lowest BCUT2D eigenvalue weighted by Gasteiger charge is -2.13. The first-order valence-electron chi connectivity index (χ1n) is 11.0. The number of pyridine rings is 1. The number of hydrogen-bond acceptors (Lipinski definition) is 3. The molecule has 3 aromatic carbocycles. The molecule has 0 fully saturated rings. The van der Waals surface area contributed by atoms with E-state index in [2.05, 4.69) is 34.0 Å². The van der Waals surface area contributed by atoms with Crippen LogP contribution in [-0.2, 0) is 24.3 Å². The number of aryl methyl sites for hydroxylation is 1. The summed E-state index contributed by atoms with van der Waals surface area (Å²) in [6.07, 6.45) is 2.73. The summed E-state index contributed by atoms with van der Waals surface area (Å²) >= 11 is 0. The molecule has 0 bridgehead atoms. The van der Waals surface area contributed by atoms with Crippen LogP contribution in [0.2, 0.25) is 0 Å². The fourth-order valence-corrected chi connectivity index (χ4v) is 4.15. The Bertz CT molecular complexity index is 1470.